The van der Waals surface area contributed by atoms with Crippen molar-refractivity contribution in [1.29, 1.82) is 0 Å². The standard InChI is InChI=1S/C24H22ClFN6O2/c1-14-9-16(10-15(2)28-14)29-23(33)19-11-18(7-8-21(19)26)32-13-17(12-27-32)30-24(34)31-22-6-4-3-5-20(22)25/h4,6-13H,3,5H2,1-2H3,(H,28,29,33)(H2,30,31,34). The van der Waals surface area contributed by atoms with Crippen molar-refractivity contribution in [3.05, 3.63) is 88.4 Å². The van der Waals surface area contributed by atoms with Gasteiger partial charge in [0.25, 0.3) is 5.91 Å². The molecule has 3 N–H and O–H groups in total. The number of aryl methyl sites for hydroxylation is 2. The molecule has 0 bridgehead atoms. The fourth-order valence-corrected chi connectivity index (χ4v) is 3.71. The van der Waals surface area contributed by atoms with Crippen molar-refractivity contribution >= 4 is 34.9 Å². The average Bonchev–Trinajstić information content (AvgIpc) is 3.23. The van der Waals surface area contributed by atoms with Crippen LogP contribution in [0.5, 0.6) is 0 Å². The van der Waals surface area contributed by atoms with E-state index >= 15 is 0 Å². The molecule has 0 radical (unpaired) electrons. The quantitative estimate of drug-likeness (QED) is 0.467. The first-order chi connectivity index (χ1) is 16.3. The zero-order valence-corrected chi connectivity index (χ0v) is 19.3. The Bertz CT molecular complexity index is 1310. The average molecular weight is 481 g/mol. The molecule has 0 spiro atoms. The third-order valence-electron chi connectivity index (χ3n) is 4.99. The number of rotatable bonds is 5. The summed E-state index contributed by atoms with van der Waals surface area (Å²) in [4.78, 5) is 29.3. The molecule has 0 atom stereocenters. The lowest BCUT2D eigenvalue weighted by Crippen LogP contribution is -2.28. The zero-order chi connectivity index (χ0) is 24.2. The lowest BCUT2D eigenvalue weighted by Gasteiger charge is -2.12. The molecule has 2 aromatic heterocycles. The number of urea groups is 1. The van der Waals surface area contributed by atoms with Crippen LogP contribution >= 0.6 is 11.6 Å². The van der Waals surface area contributed by atoms with Crippen LogP contribution in [-0.2, 0) is 0 Å². The number of aromatic nitrogens is 3. The van der Waals surface area contributed by atoms with Crippen molar-refractivity contribution in [2.24, 2.45) is 0 Å². The predicted molar refractivity (Wildman–Crippen MR) is 129 cm³/mol. The molecule has 1 aliphatic carbocycles. The second-order valence-corrected chi connectivity index (χ2v) is 8.23. The van der Waals surface area contributed by atoms with Crippen LogP contribution in [-0.4, -0.2) is 26.7 Å². The van der Waals surface area contributed by atoms with Gasteiger partial charge in [-0.15, -0.1) is 0 Å². The van der Waals surface area contributed by atoms with E-state index in [9.17, 15) is 14.0 Å². The first-order valence-electron chi connectivity index (χ1n) is 10.5. The number of carbonyl (C=O) groups is 2. The number of hydrogen-bond donors (Lipinski definition) is 3. The first-order valence-corrected chi connectivity index (χ1v) is 10.9. The van der Waals surface area contributed by atoms with Crippen molar-refractivity contribution in [2.45, 2.75) is 26.7 Å². The summed E-state index contributed by atoms with van der Waals surface area (Å²) in [7, 11) is 0. The van der Waals surface area contributed by atoms with Crippen LogP contribution in [0.1, 0.15) is 34.6 Å². The number of pyridine rings is 1. The molecule has 4 rings (SSSR count). The van der Waals surface area contributed by atoms with E-state index in [1.54, 1.807) is 24.4 Å². The lowest BCUT2D eigenvalue weighted by atomic mass is 10.1. The smallest absolute Gasteiger partial charge is 0.322 e. The SMILES string of the molecule is Cc1cc(NC(=O)c2cc(-n3cc(NC(=O)NC4=C(Cl)CCC=C4)cn3)ccc2F)cc(C)n1. The Morgan fingerprint density at radius 3 is 2.56 bits per heavy atom. The molecule has 2 heterocycles. The third kappa shape index (κ3) is 5.49. The fraction of sp³-hybridized carbons (Fsp3) is 0.167. The molecule has 1 aliphatic rings. The largest absolute Gasteiger partial charge is 0.323 e. The molecule has 0 aliphatic heterocycles. The summed E-state index contributed by atoms with van der Waals surface area (Å²) in [5, 5.41) is 12.9. The Hall–Kier alpha value is -3.98. The van der Waals surface area contributed by atoms with Gasteiger partial charge >= 0.3 is 6.03 Å². The molecular formula is C24H22ClFN6O2. The van der Waals surface area contributed by atoms with E-state index in [2.05, 4.69) is 26.0 Å². The Labute approximate surface area is 200 Å². The number of allylic oxidation sites excluding steroid dienone is 3. The van der Waals surface area contributed by atoms with Gasteiger partial charge in [0.1, 0.15) is 5.82 Å². The maximum Gasteiger partial charge on any atom is 0.323 e. The first kappa shape index (κ1) is 23.2. The Kier molecular flexibility index (Phi) is 6.74. The number of nitrogens with one attached hydrogen (secondary N) is 3. The molecule has 3 amide bonds. The highest BCUT2D eigenvalue weighted by Crippen LogP contribution is 2.21. The highest BCUT2D eigenvalue weighted by Gasteiger charge is 2.15. The van der Waals surface area contributed by atoms with Crippen molar-refractivity contribution in [3.8, 4) is 5.69 Å². The van der Waals surface area contributed by atoms with Crippen molar-refractivity contribution in [1.82, 2.24) is 20.1 Å². The minimum Gasteiger partial charge on any atom is -0.322 e. The van der Waals surface area contributed by atoms with Crippen LogP contribution in [0.2, 0.25) is 0 Å². The summed E-state index contributed by atoms with van der Waals surface area (Å²) in [6.45, 7) is 3.62. The molecule has 1 aromatic carbocycles. The summed E-state index contributed by atoms with van der Waals surface area (Å²) >= 11 is 6.14. The van der Waals surface area contributed by atoms with Crippen LogP contribution in [0.3, 0.4) is 0 Å². The number of amides is 3. The van der Waals surface area contributed by atoms with Gasteiger partial charge in [0, 0.05) is 22.1 Å². The zero-order valence-electron chi connectivity index (χ0n) is 18.5. The minimum absolute atomic E-state index is 0.141. The van der Waals surface area contributed by atoms with Gasteiger partial charge in [0.2, 0.25) is 0 Å². The minimum atomic E-state index is -0.667. The number of anilines is 2. The number of benzene rings is 1. The molecule has 10 heteroatoms. The normalized spacial score (nSPS) is 13.1. The van der Waals surface area contributed by atoms with Crippen LogP contribution < -0.4 is 16.0 Å². The van der Waals surface area contributed by atoms with Gasteiger partial charge in [-0.2, -0.15) is 5.10 Å². The van der Waals surface area contributed by atoms with E-state index in [1.807, 2.05) is 19.9 Å². The Morgan fingerprint density at radius 2 is 1.82 bits per heavy atom. The van der Waals surface area contributed by atoms with E-state index in [0.717, 1.165) is 17.8 Å². The summed E-state index contributed by atoms with van der Waals surface area (Å²) in [6, 6.07) is 7.01. The maximum absolute atomic E-state index is 14.4. The molecule has 3 aromatic rings. The third-order valence-corrected chi connectivity index (χ3v) is 5.39. The van der Waals surface area contributed by atoms with E-state index < -0.39 is 17.8 Å². The van der Waals surface area contributed by atoms with E-state index in [-0.39, 0.29) is 5.56 Å². The lowest BCUT2D eigenvalue weighted by molar-refractivity contribution is 0.102. The van der Waals surface area contributed by atoms with Gasteiger partial charge in [-0.1, -0.05) is 17.7 Å². The molecule has 34 heavy (non-hydrogen) atoms. The van der Waals surface area contributed by atoms with E-state index in [1.165, 1.54) is 29.1 Å². The van der Waals surface area contributed by atoms with Gasteiger partial charge < -0.3 is 16.0 Å². The predicted octanol–water partition coefficient (Wildman–Crippen LogP) is 5.20. The van der Waals surface area contributed by atoms with E-state index in [4.69, 9.17) is 11.6 Å². The maximum atomic E-state index is 14.4. The van der Waals surface area contributed by atoms with Crippen LogP contribution in [0.15, 0.2) is 65.6 Å². The van der Waals surface area contributed by atoms with Crippen molar-refractivity contribution < 1.29 is 14.0 Å². The summed E-state index contributed by atoms with van der Waals surface area (Å²) < 4.78 is 15.9. The summed E-state index contributed by atoms with van der Waals surface area (Å²) in [5.41, 5.74) is 3.27. The summed E-state index contributed by atoms with van der Waals surface area (Å²) in [5.74, 6) is -1.26. The molecule has 0 unspecified atom stereocenters. The van der Waals surface area contributed by atoms with E-state index in [0.29, 0.717) is 34.2 Å². The molecule has 174 valence electrons. The Balaban J connectivity index is 1.48. The van der Waals surface area contributed by atoms with Crippen molar-refractivity contribution in [2.75, 3.05) is 10.6 Å². The molecule has 0 saturated heterocycles. The van der Waals surface area contributed by atoms with Gasteiger partial charge in [-0.3, -0.25) is 9.78 Å². The van der Waals surface area contributed by atoms with Crippen molar-refractivity contribution in [3.63, 3.8) is 0 Å². The summed E-state index contributed by atoms with van der Waals surface area (Å²) in [6.07, 6.45) is 8.19. The molecular weight excluding hydrogens is 459 g/mol. The van der Waals surface area contributed by atoms with Gasteiger partial charge in [0.05, 0.1) is 35.0 Å². The number of halogens is 2. The monoisotopic (exact) mass is 480 g/mol. The second kappa shape index (κ2) is 9.88. The highest BCUT2D eigenvalue weighted by molar-refractivity contribution is 6.30. The highest BCUT2D eigenvalue weighted by atomic mass is 35.5. The molecule has 0 fully saturated rings. The molecule has 0 saturated carbocycles. The topological polar surface area (TPSA) is 101 Å². The fourth-order valence-electron chi connectivity index (χ4n) is 3.49. The van der Waals surface area contributed by atoms with Crippen LogP contribution in [0.4, 0.5) is 20.6 Å². The van der Waals surface area contributed by atoms with Gasteiger partial charge in [0.15, 0.2) is 0 Å². The van der Waals surface area contributed by atoms with Gasteiger partial charge in [-0.25, -0.2) is 13.9 Å². The number of carbonyl (C=O) groups excluding carboxylic acids is 2. The molecule has 8 nitrogen and oxygen atoms in total. The van der Waals surface area contributed by atoms with Crippen LogP contribution in [0, 0.1) is 19.7 Å². The number of nitrogens with zero attached hydrogens (tertiary/aromatic N) is 3. The second-order valence-electron chi connectivity index (χ2n) is 7.77. The van der Waals surface area contributed by atoms with Gasteiger partial charge in [-0.05, 0) is 63.1 Å². The number of hydrogen-bond acceptors (Lipinski definition) is 4. The van der Waals surface area contributed by atoms with Crippen LogP contribution in [0.25, 0.3) is 5.69 Å². The Morgan fingerprint density at radius 1 is 1.06 bits per heavy atom.